The van der Waals surface area contributed by atoms with Gasteiger partial charge in [0.05, 0.1) is 21.3 Å². The summed E-state index contributed by atoms with van der Waals surface area (Å²) in [6.07, 6.45) is 1.05. The third-order valence-electron chi connectivity index (χ3n) is 1.44. The molecule has 0 heterocycles. The van der Waals surface area contributed by atoms with Crippen molar-refractivity contribution in [2.45, 2.75) is 6.92 Å². The van der Waals surface area contributed by atoms with E-state index in [1.54, 1.807) is 0 Å². The zero-order chi connectivity index (χ0) is 11.4. The van der Waals surface area contributed by atoms with Crippen LogP contribution >= 0.6 is 27.5 Å². The van der Waals surface area contributed by atoms with Gasteiger partial charge in [0.1, 0.15) is 5.82 Å². The van der Waals surface area contributed by atoms with Crippen molar-refractivity contribution >= 4 is 39.7 Å². The summed E-state index contributed by atoms with van der Waals surface area (Å²) in [4.78, 5) is 14.7. The minimum absolute atomic E-state index is 0.0623. The Kier molecular flexibility index (Phi) is 4.23. The van der Waals surface area contributed by atoms with Crippen molar-refractivity contribution in [2.24, 2.45) is 5.16 Å². The van der Waals surface area contributed by atoms with Crippen LogP contribution in [0.4, 0.5) is 4.39 Å². The highest BCUT2D eigenvalue weighted by molar-refractivity contribution is 9.10. The molecule has 0 aliphatic carbocycles. The maximum absolute atomic E-state index is 13.4. The third-order valence-corrected chi connectivity index (χ3v) is 2.38. The van der Waals surface area contributed by atoms with Gasteiger partial charge in [-0.1, -0.05) is 16.8 Å². The van der Waals surface area contributed by atoms with Crippen LogP contribution in [-0.2, 0) is 9.63 Å². The first-order valence-corrected chi connectivity index (χ1v) is 5.04. The summed E-state index contributed by atoms with van der Waals surface area (Å²) in [7, 11) is 0. The average Bonchev–Trinajstić information content (AvgIpc) is 2.17. The number of rotatable bonds is 2. The summed E-state index contributed by atoms with van der Waals surface area (Å²) in [5.74, 6) is -1.14. The van der Waals surface area contributed by atoms with E-state index in [0.717, 1.165) is 6.21 Å². The molecular weight excluding hydrogens is 288 g/mol. The van der Waals surface area contributed by atoms with Crippen molar-refractivity contribution < 1.29 is 14.0 Å². The number of hydrogen-bond donors (Lipinski definition) is 0. The van der Waals surface area contributed by atoms with E-state index in [2.05, 4.69) is 25.9 Å². The number of halogens is 3. The number of benzene rings is 1. The fraction of sp³-hybridized carbons (Fsp3) is 0.111. The predicted molar refractivity (Wildman–Crippen MR) is 58.5 cm³/mol. The van der Waals surface area contributed by atoms with E-state index in [1.807, 2.05) is 0 Å². The second kappa shape index (κ2) is 5.23. The fourth-order valence-electron chi connectivity index (χ4n) is 0.814. The van der Waals surface area contributed by atoms with Gasteiger partial charge in [-0.05, 0) is 28.1 Å². The summed E-state index contributed by atoms with van der Waals surface area (Å²) in [5, 5.41) is 3.47. The second-order valence-electron chi connectivity index (χ2n) is 2.57. The topological polar surface area (TPSA) is 38.7 Å². The van der Waals surface area contributed by atoms with Crippen LogP contribution in [0.1, 0.15) is 12.5 Å². The molecule has 1 rings (SSSR count). The van der Waals surface area contributed by atoms with Gasteiger partial charge in [-0.15, -0.1) is 0 Å². The molecule has 6 heteroatoms. The molecule has 0 amide bonds. The average molecular weight is 295 g/mol. The van der Waals surface area contributed by atoms with Gasteiger partial charge in [-0.2, -0.15) is 0 Å². The van der Waals surface area contributed by atoms with E-state index in [1.165, 1.54) is 19.1 Å². The molecule has 3 nitrogen and oxygen atoms in total. The third kappa shape index (κ3) is 3.28. The lowest BCUT2D eigenvalue weighted by Crippen LogP contribution is -1.95. The van der Waals surface area contributed by atoms with Crippen LogP contribution in [0.5, 0.6) is 0 Å². The normalized spacial score (nSPS) is 10.7. The van der Waals surface area contributed by atoms with E-state index in [4.69, 9.17) is 11.6 Å². The lowest BCUT2D eigenvalue weighted by molar-refractivity contribution is -0.140. The zero-order valence-corrected chi connectivity index (χ0v) is 9.97. The molecule has 1 aromatic carbocycles. The first-order chi connectivity index (χ1) is 7.02. The summed E-state index contributed by atoms with van der Waals surface area (Å²) >= 11 is 8.72. The van der Waals surface area contributed by atoms with Crippen molar-refractivity contribution in [1.29, 1.82) is 0 Å². The molecule has 0 spiro atoms. The quantitative estimate of drug-likeness (QED) is 0.364. The first-order valence-electron chi connectivity index (χ1n) is 3.87. The summed E-state index contributed by atoms with van der Waals surface area (Å²) in [6, 6.07) is 2.98. The van der Waals surface area contributed by atoms with Gasteiger partial charge >= 0.3 is 5.97 Å². The van der Waals surface area contributed by atoms with Gasteiger partial charge in [-0.25, -0.2) is 9.18 Å². The Morgan fingerprint density at radius 2 is 2.33 bits per heavy atom. The molecule has 0 N–H and O–H groups in total. The van der Waals surface area contributed by atoms with E-state index < -0.39 is 11.8 Å². The molecule has 15 heavy (non-hydrogen) atoms. The summed E-state index contributed by atoms with van der Waals surface area (Å²) in [6.45, 7) is 1.19. The number of nitrogens with zero attached hydrogens (tertiary/aromatic N) is 1. The van der Waals surface area contributed by atoms with Crippen molar-refractivity contribution in [1.82, 2.24) is 0 Å². The Morgan fingerprint density at radius 1 is 1.67 bits per heavy atom. The number of oxime groups is 1. The predicted octanol–water partition coefficient (Wildman–Crippen LogP) is 3.14. The Labute approximate surface area is 99.0 Å². The molecule has 0 aliphatic rings. The minimum atomic E-state index is -0.585. The Bertz CT molecular complexity index is 423. The number of carbonyl (C=O) groups is 1. The maximum Gasteiger partial charge on any atom is 0.331 e. The molecule has 0 bridgehead atoms. The van der Waals surface area contributed by atoms with Crippen molar-refractivity contribution in [2.75, 3.05) is 0 Å². The smallest absolute Gasteiger partial charge is 0.319 e. The molecular formula is C9H6BrClFNO2. The van der Waals surface area contributed by atoms with Crippen LogP contribution in [0.2, 0.25) is 5.02 Å². The van der Waals surface area contributed by atoms with Crippen molar-refractivity contribution in [3.05, 3.63) is 33.0 Å². The SMILES string of the molecule is CC(=O)O/N=C/c1c(Cl)ccc(Br)c1F. The molecule has 1 aromatic rings. The van der Waals surface area contributed by atoms with Gasteiger partial charge in [0, 0.05) is 6.92 Å². The minimum Gasteiger partial charge on any atom is -0.319 e. The zero-order valence-electron chi connectivity index (χ0n) is 7.63. The van der Waals surface area contributed by atoms with Crippen LogP contribution in [0, 0.1) is 5.82 Å². The van der Waals surface area contributed by atoms with Crippen LogP contribution in [0.3, 0.4) is 0 Å². The van der Waals surface area contributed by atoms with Crippen LogP contribution < -0.4 is 0 Å². The number of hydrogen-bond acceptors (Lipinski definition) is 3. The summed E-state index contributed by atoms with van der Waals surface area (Å²) in [5.41, 5.74) is 0.0623. The molecule has 0 fully saturated rings. The molecule has 0 aliphatic heterocycles. The van der Waals surface area contributed by atoms with Gasteiger partial charge in [0.15, 0.2) is 0 Å². The van der Waals surface area contributed by atoms with Crippen LogP contribution in [0.15, 0.2) is 21.8 Å². The molecule has 0 saturated heterocycles. The second-order valence-corrected chi connectivity index (χ2v) is 3.84. The highest BCUT2D eigenvalue weighted by Crippen LogP contribution is 2.24. The lowest BCUT2D eigenvalue weighted by atomic mass is 10.2. The van der Waals surface area contributed by atoms with Gasteiger partial charge in [0.25, 0.3) is 0 Å². The summed E-state index contributed by atoms with van der Waals surface area (Å²) < 4.78 is 13.7. The van der Waals surface area contributed by atoms with E-state index >= 15 is 0 Å². The molecule has 0 aromatic heterocycles. The monoisotopic (exact) mass is 293 g/mol. The highest BCUT2D eigenvalue weighted by atomic mass is 79.9. The van der Waals surface area contributed by atoms with Gasteiger partial charge < -0.3 is 4.84 Å². The van der Waals surface area contributed by atoms with E-state index in [9.17, 15) is 9.18 Å². The molecule has 0 saturated carbocycles. The molecule has 0 atom stereocenters. The number of carbonyl (C=O) groups excluding carboxylic acids is 1. The Morgan fingerprint density at radius 3 is 2.93 bits per heavy atom. The van der Waals surface area contributed by atoms with Crippen LogP contribution in [-0.4, -0.2) is 12.2 Å². The largest absolute Gasteiger partial charge is 0.331 e. The Hall–Kier alpha value is -0.940. The molecule has 0 unspecified atom stereocenters. The Balaban J connectivity index is 2.98. The van der Waals surface area contributed by atoms with E-state index in [-0.39, 0.29) is 15.1 Å². The van der Waals surface area contributed by atoms with Crippen LogP contribution in [0.25, 0.3) is 0 Å². The molecule has 0 radical (unpaired) electrons. The highest BCUT2D eigenvalue weighted by Gasteiger charge is 2.08. The van der Waals surface area contributed by atoms with Gasteiger partial charge in [-0.3, -0.25) is 0 Å². The molecule has 80 valence electrons. The van der Waals surface area contributed by atoms with Crippen molar-refractivity contribution in [3.8, 4) is 0 Å². The van der Waals surface area contributed by atoms with E-state index in [0.29, 0.717) is 0 Å². The van der Waals surface area contributed by atoms with Crippen molar-refractivity contribution in [3.63, 3.8) is 0 Å². The van der Waals surface area contributed by atoms with Gasteiger partial charge in [0.2, 0.25) is 0 Å². The standard InChI is InChI=1S/C9H6BrClFNO2/c1-5(14)15-13-4-6-8(11)3-2-7(10)9(6)12/h2-4H,1H3/b13-4+. The first kappa shape index (κ1) is 12.1. The lowest BCUT2D eigenvalue weighted by Gasteiger charge is -2.01. The fourth-order valence-corrected chi connectivity index (χ4v) is 1.35. The maximum atomic E-state index is 13.4.